The van der Waals surface area contributed by atoms with E-state index in [0.29, 0.717) is 12.4 Å². The molecule has 1 saturated carbocycles. The molecule has 1 aromatic rings. The summed E-state index contributed by atoms with van der Waals surface area (Å²) >= 11 is 0. The molecule has 21 heavy (non-hydrogen) atoms. The van der Waals surface area contributed by atoms with Crippen LogP contribution in [-0.2, 0) is 15.1 Å². The molecule has 116 valence electrons. The summed E-state index contributed by atoms with van der Waals surface area (Å²) < 4.78 is 6.64. The van der Waals surface area contributed by atoms with Crippen LogP contribution in [0.4, 0.5) is 5.82 Å². The summed E-state index contributed by atoms with van der Waals surface area (Å²) in [5.41, 5.74) is -0.491. The molecule has 0 aromatic carbocycles. The van der Waals surface area contributed by atoms with Gasteiger partial charge in [-0.2, -0.15) is 0 Å². The molecule has 1 heterocycles. The quantitative estimate of drug-likeness (QED) is 0.770. The zero-order valence-electron chi connectivity index (χ0n) is 13.1. The van der Waals surface area contributed by atoms with E-state index in [-0.39, 0.29) is 29.7 Å². The van der Waals surface area contributed by atoms with Crippen molar-refractivity contribution in [3.8, 4) is 0 Å². The van der Waals surface area contributed by atoms with Gasteiger partial charge in [-0.15, -0.1) is 0 Å². The van der Waals surface area contributed by atoms with Gasteiger partial charge in [-0.25, -0.2) is 4.98 Å². The van der Waals surface area contributed by atoms with Crippen LogP contribution in [0.5, 0.6) is 0 Å². The van der Waals surface area contributed by atoms with Crippen molar-refractivity contribution in [2.45, 2.75) is 52.1 Å². The van der Waals surface area contributed by atoms with Crippen molar-refractivity contribution in [2.75, 3.05) is 18.1 Å². The SMILES string of the molecule is CCOC(=O)CN(c1nccn(C(C)(C)C)c1=O)C1CC1. The molecule has 2 rings (SSSR count). The monoisotopic (exact) mass is 293 g/mol. The Balaban J connectivity index is 2.33. The van der Waals surface area contributed by atoms with Crippen molar-refractivity contribution >= 4 is 11.8 Å². The van der Waals surface area contributed by atoms with Gasteiger partial charge in [0.05, 0.1) is 6.61 Å². The number of anilines is 1. The molecule has 0 atom stereocenters. The first-order valence-corrected chi connectivity index (χ1v) is 7.35. The third kappa shape index (κ3) is 3.62. The van der Waals surface area contributed by atoms with E-state index in [2.05, 4.69) is 4.98 Å². The van der Waals surface area contributed by atoms with Crippen molar-refractivity contribution in [1.29, 1.82) is 0 Å². The summed E-state index contributed by atoms with van der Waals surface area (Å²) in [5, 5.41) is 0. The maximum atomic E-state index is 12.6. The molecule has 0 saturated heterocycles. The largest absolute Gasteiger partial charge is 0.465 e. The summed E-state index contributed by atoms with van der Waals surface area (Å²) in [4.78, 5) is 30.4. The topological polar surface area (TPSA) is 64.4 Å². The van der Waals surface area contributed by atoms with Gasteiger partial charge in [-0.3, -0.25) is 9.59 Å². The summed E-state index contributed by atoms with van der Waals surface area (Å²) in [6.45, 7) is 8.08. The van der Waals surface area contributed by atoms with Crippen LogP contribution in [0.3, 0.4) is 0 Å². The van der Waals surface area contributed by atoms with Gasteiger partial charge >= 0.3 is 5.97 Å². The molecule has 0 spiro atoms. The third-order valence-corrected chi connectivity index (χ3v) is 3.41. The number of aromatic nitrogens is 2. The maximum absolute atomic E-state index is 12.6. The number of hydrogen-bond acceptors (Lipinski definition) is 5. The normalized spacial score (nSPS) is 14.9. The standard InChI is InChI=1S/C15H23N3O3/c1-5-21-12(19)10-17(11-6-7-11)13-14(20)18(9-8-16-13)15(2,3)4/h8-9,11H,5-7,10H2,1-4H3. The Bertz CT molecular complexity index is 570. The van der Waals surface area contributed by atoms with Gasteiger partial charge in [0, 0.05) is 24.0 Å². The zero-order chi connectivity index (χ0) is 15.6. The minimum atomic E-state index is -0.325. The first-order valence-electron chi connectivity index (χ1n) is 7.35. The number of esters is 1. The van der Waals surface area contributed by atoms with Gasteiger partial charge in [-0.1, -0.05) is 0 Å². The van der Waals surface area contributed by atoms with E-state index in [1.54, 1.807) is 28.8 Å². The lowest BCUT2D eigenvalue weighted by Crippen LogP contribution is -2.42. The van der Waals surface area contributed by atoms with Crippen molar-refractivity contribution < 1.29 is 9.53 Å². The van der Waals surface area contributed by atoms with E-state index in [1.165, 1.54) is 0 Å². The summed E-state index contributed by atoms with van der Waals surface area (Å²) in [7, 11) is 0. The fourth-order valence-corrected chi connectivity index (χ4v) is 2.24. The number of carbonyl (C=O) groups is 1. The van der Waals surface area contributed by atoms with Crippen LogP contribution < -0.4 is 10.5 Å². The van der Waals surface area contributed by atoms with Crippen molar-refractivity contribution in [2.24, 2.45) is 0 Å². The molecule has 1 aromatic heterocycles. The van der Waals surface area contributed by atoms with Gasteiger partial charge in [0.2, 0.25) is 0 Å². The Labute approximate surface area is 124 Å². The predicted molar refractivity (Wildman–Crippen MR) is 80.5 cm³/mol. The first kappa shape index (κ1) is 15.5. The molecule has 1 aliphatic carbocycles. The van der Waals surface area contributed by atoms with E-state index in [9.17, 15) is 9.59 Å². The molecule has 1 fully saturated rings. The van der Waals surface area contributed by atoms with Crippen LogP contribution in [0.2, 0.25) is 0 Å². The lowest BCUT2D eigenvalue weighted by atomic mass is 10.1. The Morgan fingerprint density at radius 1 is 1.48 bits per heavy atom. The van der Waals surface area contributed by atoms with Gasteiger partial charge in [0.1, 0.15) is 6.54 Å². The number of hydrogen-bond donors (Lipinski definition) is 0. The second-order valence-corrected chi connectivity index (χ2v) is 6.26. The van der Waals surface area contributed by atoms with E-state index >= 15 is 0 Å². The molecule has 0 N–H and O–H groups in total. The molecule has 1 aliphatic rings. The van der Waals surface area contributed by atoms with Crippen LogP contribution >= 0.6 is 0 Å². The van der Waals surface area contributed by atoms with Crippen LogP contribution in [0.25, 0.3) is 0 Å². The second-order valence-electron chi connectivity index (χ2n) is 6.26. The molecular weight excluding hydrogens is 270 g/mol. The second kappa shape index (κ2) is 5.87. The number of carbonyl (C=O) groups excluding carboxylic acids is 1. The molecule has 0 bridgehead atoms. The fraction of sp³-hybridized carbons (Fsp3) is 0.667. The van der Waals surface area contributed by atoms with Gasteiger partial charge < -0.3 is 14.2 Å². The highest BCUT2D eigenvalue weighted by Gasteiger charge is 2.34. The van der Waals surface area contributed by atoms with Crippen molar-refractivity contribution in [3.05, 3.63) is 22.7 Å². The Hall–Kier alpha value is -1.85. The summed E-state index contributed by atoms with van der Waals surface area (Å²) in [6, 6.07) is 0.213. The van der Waals surface area contributed by atoms with Crippen LogP contribution in [0.15, 0.2) is 17.2 Å². The van der Waals surface area contributed by atoms with Gasteiger partial charge in [0.25, 0.3) is 5.56 Å². The third-order valence-electron chi connectivity index (χ3n) is 3.41. The van der Waals surface area contributed by atoms with Crippen LogP contribution in [0, 0.1) is 0 Å². The van der Waals surface area contributed by atoms with Gasteiger partial charge in [0.15, 0.2) is 5.82 Å². The molecule has 0 unspecified atom stereocenters. The predicted octanol–water partition coefficient (Wildman–Crippen LogP) is 1.53. The highest BCUT2D eigenvalue weighted by Crippen LogP contribution is 2.29. The average molecular weight is 293 g/mol. The number of rotatable bonds is 5. The van der Waals surface area contributed by atoms with E-state index in [4.69, 9.17) is 4.74 Å². The first-order chi connectivity index (χ1) is 9.84. The molecule has 0 radical (unpaired) electrons. The number of nitrogens with zero attached hydrogens (tertiary/aromatic N) is 3. The molecule has 6 heteroatoms. The van der Waals surface area contributed by atoms with Crippen molar-refractivity contribution in [3.63, 3.8) is 0 Å². The molecule has 6 nitrogen and oxygen atoms in total. The lowest BCUT2D eigenvalue weighted by Gasteiger charge is -2.26. The minimum absolute atomic E-state index is 0.0783. The smallest absolute Gasteiger partial charge is 0.325 e. The minimum Gasteiger partial charge on any atom is -0.465 e. The van der Waals surface area contributed by atoms with Gasteiger partial charge in [-0.05, 0) is 40.5 Å². The highest BCUT2D eigenvalue weighted by molar-refractivity contribution is 5.75. The Kier molecular flexibility index (Phi) is 4.34. The maximum Gasteiger partial charge on any atom is 0.325 e. The fourth-order valence-electron chi connectivity index (χ4n) is 2.24. The lowest BCUT2D eigenvalue weighted by molar-refractivity contribution is -0.141. The number of ether oxygens (including phenoxy) is 1. The zero-order valence-corrected chi connectivity index (χ0v) is 13.1. The van der Waals surface area contributed by atoms with Crippen LogP contribution in [0.1, 0.15) is 40.5 Å². The Morgan fingerprint density at radius 2 is 2.14 bits per heavy atom. The Morgan fingerprint density at radius 3 is 2.67 bits per heavy atom. The highest BCUT2D eigenvalue weighted by atomic mass is 16.5. The summed E-state index contributed by atoms with van der Waals surface area (Å²) in [6.07, 6.45) is 5.25. The van der Waals surface area contributed by atoms with E-state index < -0.39 is 0 Å². The van der Waals surface area contributed by atoms with E-state index in [0.717, 1.165) is 12.8 Å². The van der Waals surface area contributed by atoms with Crippen molar-refractivity contribution in [1.82, 2.24) is 9.55 Å². The molecule has 0 amide bonds. The summed E-state index contributed by atoms with van der Waals surface area (Å²) in [5.74, 6) is 0.0136. The molecule has 0 aliphatic heterocycles. The molecular formula is C15H23N3O3. The van der Waals surface area contributed by atoms with E-state index in [1.807, 2.05) is 20.8 Å². The average Bonchev–Trinajstić information content (AvgIpc) is 3.20. The van der Waals surface area contributed by atoms with Crippen LogP contribution in [-0.4, -0.2) is 34.7 Å².